The van der Waals surface area contributed by atoms with Crippen molar-refractivity contribution in [2.45, 2.75) is 27.7 Å². The Labute approximate surface area is 547 Å². The zero-order valence-corrected chi connectivity index (χ0v) is 9.42. The zero-order valence-electron chi connectivity index (χ0n) is 9.42. The van der Waals surface area contributed by atoms with Gasteiger partial charge in [-0.25, -0.2) is 0 Å². The molecule has 0 aromatic heterocycles. The molecular weight excluding hydrogens is 592 g/mol. The van der Waals surface area contributed by atoms with Gasteiger partial charge in [0.15, 0.2) is 0 Å². The van der Waals surface area contributed by atoms with Crippen LogP contribution in [0.1, 0.15) is 27.7 Å². The van der Waals surface area contributed by atoms with Crippen molar-refractivity contribution in [1.82, 2.24) is 0 Å². The molecule has 0 bridgehead atoms. The Bertz CT molecular complexity index is 188. The van der Waals surface area contributed by atoms with E-state index in [1.807, 2.05) is 0 Å². The topological polar surface area (TPSA) is 149 Å². The van der Waals surface area contributed by atoms with Gasteiger partial charge in [0.2, 0.25) is 0 Å². The first-order chi connectivity index (χ1) is 6.93. The Kier molecular flexibility index (Phi) is 556. The van der Waals surface area contributed by atoms with Crippen LogP contribution >= 0.6 is 0 Å². The third-order valence-corrected chi connectivity index (χ3v) is 0. The van der Waals surface area contributed by atoms with Crippen LogP contribution in [0.15, 0.2) is 0 Å². The van der Waals surface area contributed by atoms with Gasteiger partial charge in [0, 0.05) is 27.7 Å². The minimum absolute atomic E-state index is 0. The van der Waals surface area contributed by atoms with Crippen molar-refractivity contribution in [1.29, 1.82) is 0 Å². The Balaban J connectivity index is -0.00000000286. The fourth-order valence-electron chi connectivity index (χ4n) is 0. The number of carboxylic acids is 4. The van der Waals surface area contributed by atoms with Gasteiger partial charge in [-0.05, 0) is 0 Å². The Morgan fingerprint density at radius 3 is 0.281 bits per heavy atom. The molecule has 0 spiro atoms. The van der Waals surface area contributed by atoms with Crippen LogP contribution in [0.3, 0.4) is 0 Å². The molecule has 0 aliphatic rings. The van der Waals surface area contributed by atoms with E-state index < -0.39 is 23.9 Å². The summed E-state index contributed by atoms with van der Waals surface area (Å²) in [5.41, 5.74) is 0. The summed E-state index contributed by atoms with van der Waals surface area (Å²) < 4.78 is 0. The molecule has 0 unspecified atom stereocenters. The summed E-state index contributed by atoms with van der Waals surface area (Å²) in [5.74, 6) is -3.33. The molecule has 0 fully saturated rings. The third-order valence-electron chi connectivity index (χ3n) is 0. The Morgan fingerprint density at radius 1 is 0.281 bits per heavy atom. The summed E-state index contributed by atoms with van der Waals surface area (Å²) in [4.78, 5) is 36.0. The van der Waals surface area contributed by atoms with Crippen molar-refractivity contribution in [2.75, 3.05) is 0 Å². The van der Waals surface area contributed by atoms with Crippen molar-refractivity contribution in [3.8, 4) is 0 Å². The van der Waals surface area contributed by atoms with Crippen LogP contribution in [0.25, 0.3) is 0 Å². The summed E-state index contributed by atoms with van der Waals surface area (Å²) in [6.45, 7) is 4.33. The molecule has 0 heterocycles. The molecule has 24 heteroatoms. The number of carboxylic acid groups (broad SMARTS) is 4. The van der Waals surface area contributed by atoms with E-state index in [-0.39, 0.29) is 473 Å². The van der Waals surface area contributed by atoms with Crippen molar-refractivity contribution in [2.24, 2.45) is 0 Å². The van der Waals surface area contributed by atoms with E-state index >= 15 is 0 Å². The molecule has 0 aromatic rings. The SMILES string of the molecule is CC(=O)O.CC(=O)O.CC(=O)O.CC(=O)O.[NaH].[NaH].[NaH].[NaH].[NaH].[NaH].[NaH].[NaH].[NaH].[NaH].[NaH].[NaH].[NaH].[NaH].[NaH].[NaH]. The second-order valence-corrected chi connectivity index (χ2v) is 2.08. The maximum absolute atomic E-state index is 9.00. The van der Waals surface area contributed by atoms with Crippen molar-refractivity contribution in [3.63, 3.8) is 0 Å². The third kappa shape index (κ3) is 419. The maximum atomic E-state index is 9.00. The second kappa shape index (κ2) is 129. The Hall–Kier alpha value is 13.9. The van der Waals surface area contributed by atoms with Crippen molar-refractivity contribution >= 4 is 497 Å². The van der Waals surface area contributed by atoms with Crippen LogP contribution in [0.2, 0.25) is 0 Å². The predicted molar refractivity (Wildman–Crippen MR) is 168 cm³/mol. The number of hydrogen-bond acceptors (Lipinski definition) is 4. The molecule has 0 radical (unpaired) electrons. The van der Waals surface area contributed by atoms with Crippen molar-refractivity contribution < 1.29 is 39.6 Å². The van der Waals surface area contributed by atoms with Gasteiger partial charge in [0.1, 0.15) is 0 Å². The molecule has 0 aromatic carbocycles. The van der Waals surface area contributed by atoms with Gasteiger partial charge in [0.25, 0.3) is 23.9 Å². The van der Waals surface area contributed by atoms with Gasteiger partial charge in [-0.2, -0.15) is 0 Å². The molecule has 0 saturated carbocycles. The first kappa shape index (κ1) is 138. The average molecular weight is 624 g/mol. The molecule has 0 saturated heterocycles. The number of hydrogen-bond donors (Lipinski definition) is 4. The zero-order chi connectivity index (χ0) is 14.3. The van der Waals surface area contributed by atoms with E-state index in [0.717, 1.165) is 27.7 Å². The standard InChI is InChI=1S/4C2H4O2.16Na.16H/c4*1-2(3)4;;;;;;;;;;;;;;;;;;;;;;;;;;;;;;;;/h4*1H3,(H,3,4);;;;;;;;;;;;;;;;;;;;;;;;;;;;;;;;. The van der Waals surface area contributed by atoms with E-state index in [2.05, 4.69) is 0 Å². The predicted octanol–water partition coefficient (Wildman–Crippen LogP) is -10.0. The number of carbonyl (C=O) groups is 4. The number of rotatable bonds is 0. The van der Waals surface area contributed by atoms with Crippen LogP contribution in [-0.4, -0.2) is 517 Å². The summed E-state index contributed by atoms with van der Waals surface area (Å²) in [7, 11) is 0. The minimum atomic E-state index is -0.833. The van der Waals surface area contributed by atoms with E-state index in [1.54, 1.807) is 0 Å². The quantitative estimate of drug-likeness (QED) is 0.195. The molecular formula is C8H32Na16O8. The van der Waals surface area contributed by atoms with Gasteiger partial charge in [0.05, 0.1) is 0 Å². The summed E-state index contributed by atoms with van der Waals surface area (Å²) in [6, 6.07) is 0. The normalized spacial score (nSPS) is 3.12. The van der Waals surface area contributed by atoms with Crippen LogP contribution in [0.4, 0.5) is 0 Å². The first-order valence-corrected chi connectivity index (χ1v) is 3.71. The monoisotopic (exact) mass is 624 g/mol. The molecule has 0 rings (SSSR count). The molecule has 4 N–H and O–H groups in total. The van der Waals surface area contributed by atoms with E-state index in [0.29, 0.717) is 0 Å². The molecule has 8 nitrogen and oxygen atoms in total. The fourth-order valence-corrected chi connectivity index (χ4v) is 0. The van der Waals surface area contributed by atoms with Crippen LogP contribution < -0.4 is 0 Å². The summed E-state index contributed by atoms with van der Waals surface area (Å²) in [6.07, 6.45) is 0. The van der Waals surface area contributed by atoms with E-state index in [1.165, 1.54) is 0 Å². The van der Waals surface area contributed by atoms with Gasteiger partial charge in [-0.15, -0.1) is 0 Å². The van der Waals surface area contributed by atoms with Gasteiger partial charge in [-0.1, -0.05) is 0 Å². The summed E-state index contributed by atoms with van der Waals surface area (Å²) in [5, 5.41) is 29.7. The van der Waals surface area contributed by atoms with E-state index in [4.69, 9.17) is 39.6 Å². The van der Waals surface area contributed by atoms with Crippen molar-refractivity contribution in [3.05, 3.63) is 0 Å². The summed E-state index contributed by atoms with van der Waals surface area (Å²) >= 11 is 0. The van der Waals surface area contributed by atoms with Crippen LogP contribution in [0, 0.1) is 0 Å². The van der Waals surface area contributed by atoms with Crippen LogP contribution in [0.5, 0.6) is 0 Å². The van der Waals surface area contributed by atoms with Crippen LogP contribution in [-0.2, 0) is 19.2 Å². The Morgan fingerprint density at radius 2 is 0.281 bits per heavy atom. The fraction of sp³-hybridized carbons (Fsp3) is 0.500. The van der Waals surface area contributed by atoms with E-state index in [9.17, 15) is 0 Å². The molecule has 128 valence electrons. The second-order valence-electron chi connectivity index (χ2n) is 2.08. The number of aliphatic carboxylic acids is 4. The molecule has 32 heavy (non-hydrogen) atoms. The molecule has 0 amide bonds. The molecule has 0 aliphatic carbocycles. The molecule has 0 atom stereocenters. The van der Waals surface area contributed by atoms with Gasteiger partial charge < -0.3 is 20.4 Å². The average Bonchev–Trinajstić information content (AvgIpc) is 1.76. The first-order valence-electron chi connectivity index (χ1n) is 3.71. The van der Waals surface area contributed by atoms with Gasteiger partial charge >= 0.3 is 473 Å². The molecule has 0 aliphatic heterocycles. The van der Waals surface area contributed by atoms with Gasteiger partial charge in [-0.3, -0.25) is 19.2 Å².